The van der Waals surface area contributed by atoms with Crippen molar-refractivity contribution in [2.75, 3.05) is 11.9 Å². The number of nitrogens with one attached hydrogen (secondary N) is 1. The number of alkyl halides is 2. The Morgan fingerprint density at radius 3 is 3.09 bits per heavy atom. The minimum absolute atomic E-state index is 0.388. The molecule has 1 amide bonds. The highest BCUT2D eigenvalue weighted by atomic mass is 32.1. The summed E-state index contributed by atoms with van der Waals surface area (Å²) in [5.74, 6) is -3.77. The van der Waals surface area contributed by atoms with Gasteiger partial charge in [0.15, 0.2) is 0 Å². The maximum Gasteiger partial charge on any atom is 0.254 e. The van der Waals surface area contributed by atoms with Crippen LogP contribution in [0.2, 0.25) is 0 Å². The highest BCUT2D eigenvalue weighted by molar-refractivity contribution is 7.12. The monoisotopic (exact) mass is 327 g/mol. The van der Waals surface area contributed by atoms with Crippen molar-refractivity contribution >= 4 is 22.9 Å². The van der Waals surface area contributed by atoms with Crippen molar-refractivity contribution in [2.45, 2.75) is 18.8 Å². The third-order valence-electron chi connectivity index (χ3n) is 2.56. The third kappa shape index (κ3) is 4.50. The van der Waals surface area contributed by atoms with Gasteiger partial charge in [-0.15, -0.1) is 11.3 Å². The van der Waals surface area contributed by atoms with E-state index in [0.717, 1.165) is 0 Å². The number of halogens is 2. The van der Waals surface area contributed by atoms with E-state index in [1.165, 1.54) is 28.4 Å². The second-order valence-electron chi connectivity index (χ2n) is 4.28. The number of rotatable bonds is 7. The molecule has 1 N–H and O–H groups in total. The molecule has 0 aliphatic carbocycles. The largest absolute Gasteiger partial charge is 0.323 e. The van der Waals surface area contributed by atoms with Gasteiger partial charge in [0.25, 0.3) is 5.92 Å². The van der Waals surface area contributed by atoms with E-state index in [4.69, 9.17) is 5.53 Å². The summed E-state index contributed by atoms with van der Waals surface area (Å²) in [5, 5.41) is 11.7. The summed E-state index contributed by atoms with van der Waals surface area (Å²) < 4.78 is 27.9. The fourth-order valence-corrected chi connectivity index (χ4v) is 2.13. The molecule has 0 aliphatic rings. The lowest BCUT2D eigenvalue weighted by molar-refractivity contribution is -0.118. The van der Waals surface area contributed by atoms with Crippen LogP contribution in [0.15, 0.2) is 29.1 Å². The summed E-state index contributed by atoms with van der Waals surface area (Å²) in [5.41, 5.74) is 8.40. The minimum Gasteiger partial charge on any atom is -0.323 e. The fraction of sp³-hybridized carbons (Fsp3) is 0.364. The molecule has 0 atom stereocenters. The Hall–Kier alpha value is -2.52. The van der Waals surface area contributed by atoms with E-state index in [1.807, 2.05) is 0 Å². The first-order chi connectivity index (χ1) is 10.5. The molecule has 2 aromatic rings. The lowest BCUT2D eigenvalue weighted by Crippen LogP contribution is -2.23. The lowest BCUT2D eigenvalue weighted by atomic mass is 10.2. The number of amides is 1. The van der Waals surface area contributed by atoms with Crippen LogP contribution in [-0.4, -0.2) is 33.1 Å². The van der Waals surface area contributed by atoms with Crippen molar-refractivity contribution < 1.29 is 13.6 Å². The number of aromatic nitrogens is 3. The SMILES string of the molecule is [N-]=[N+]=NCC(F)(F)CCC(=O)Nc1cnn(-c2nccs2)c1. The summed E-state index contributed by atoms with van der Waals surface area (Å²) in [6.45, 7) is -0.960. The van der Waals surface area contributed by atoms with E-state index in [-0.39, 0.29) is 0 Å². The number of azide groups is 1. The molecule has 0 aliphatic heterocycles. The van der Waals surface area contributed by atoms with Gasteiger partial charge in [-0.25, -0.2) is 18.4 Å². The van der Waals surface area contributed by atoms with Gasteiger partial charge in [0, 0.05) is 29.3 Å². The van der Waals surface area contributed by atoms with Crippen LogP contribution in [0, 0.1) is 0 Å². The molecule has 2 rings (SSSR count). The maximum absolute atomic E-state index is 13.2. The Labute approximate surface area is 127 Å². The molecule has 0 bridgehead atoms. The number of hydrogen-bond donors (Lipinski definition) is 1. The second-order valence-corrected chi connectivity index (χ2v) is 5.15. The molecular formula is C11H11F2N7OS. The third-order valence-corrected chi connectivity index (χ3v) is 3.33. The highest BCUT2D eigenvalue weighted by Gasteiger charge is 2.28. The van der Waals surface area contributed by atoms with Crippen LogP contribution in [-0.2, 0) is 4.79 Å². The van der Waals surface area contributed by atoms with E-state index in [9.17, 15) is 13.6 Å². The van der Waals surface area contributed by atoms with Crippen LogP contribution in [0.25, 0.3) is 15.6 Å². The molecule has 8 nitrogen and oxygen atoms in total. The fourth-order valence-electron chi connectivity index (χ4n) is 1.56. The molecule has 11 heteroatoms. The van der Waals surface area contributed by atoms with Crippen molar-refractivity contribution in [1.82, 2.24) is 14.8 Å². The van der Waals surface area contributed by atoms with Crippen molar-refractivity contribution in [3.63, 3.8) is 0 Å². The molecule has 0 radical (unpaired) electrons. The Balaban J connectivity index is 1.86. The number of nitrogens with zero attached hydrogens (tertiary/aromatic N) is 6. The van der Waals surface area contributed by atoms with E-state index in [0.29, 0.717) is 10.8 Å². The van der Waals surface area contributed by atoms with Gasteiger partial charge < -0.3 is 5.32 Å². The van der Waals surface area contributed by atoms with Crippen LogP contribution in [0.5, 0.6) is 0 Å². The Kier molecular flexibility index (Phi) is 5.02. The number of thiazole rings is 1. The average Bonchev–Trinajstić information content (AvgIpc) is 3.14. The first-order valence-electron chi connectivity index (χ1n) is 6.13. The van der Waals surface area contributed by atoms with Crippen molar-refractivity contribution in [3.8, 4) is 5.13 Å². The van der Waals surface area contributed by atoms with Crippen LogP contribution >= 0.6 is 11.3 Å². The molecular weight excluding hydrogens is 316 g/mol. The molecule has 0 aromatic carbocycles. The number of carbonyl (C=O) groups excluding carboxylic acids is 1. The van der Waals surface area contributed by atoms with Crippen LogP contribution < -0.4 is 5.32 Å². The van der Waals surface area contributed by atoms with Crippen LogP contribution in [0.4, 0.5) is 14.5 Å². The molecule has 0 saturated carbocycles. The summed E-state index contributed by atoms with van der Waals surface area (Å²) in [4.78, 5) is 17.9. The number of carbonyl (C=O) groups is 1. The molecule has 116 valence electrons. The van der Waals surface area contributed by atoms with Gasteiger partial charge in [0.2, 0.25) is 11.0 Å². The molecule has 0 fully saturated rings. The second kappa shape index (κ2) is 6.96. The summed E-state index contributed by atoms with van der Waals surface area (Å²) in [6.07, 6.45) is 3.47. The van der Waals surface area contributed by atoms with Crippen molar-refractivity contribution in [1.29, 1.82) is 0 Å². The Morgan fingerprint density at radius 1 is 1.59 bits per heavy atom. The highest BCUT2D eigenvalue weighted by Crippen LogP contribution is 2.21. The minimum atomic E-state index is -3.20. The van der Waals surface area contributed by atoms with Gasteiger partial charge in [-0.05, 0) is 5.53 Å². The van der Waals surface area contributed by atoms with E-state index in [2.05, 4.69) is 25.4 Å². The molecule has 2 heterocycles. The zero-order valence-corrected chi connectivity index (χ0v) is 12.0. The standard InChI is InChI=1S/C11H11F2N7OS/c12-11(13,7-16-19-14)2-1-9(21)18-8-5-17-20(6-8)10-15-3-4-22-10/h3-6H,1-2,7H2,(H,18,21). The topological polar surface area (TPSA) is 109 Å². The lowest BCUT2D eigenvalue weighted by Gasteiger charge is -2.12. The van der Waals surface area contributed by atoms with E-state index < -0.39 is 31.2 Å². The van der Waals surface area contributed by atoms with Gasteiger partial charge in [-0.1, -0.05) is 5.11 Å². The van der Waals surface area contributed by atoms with E-state index in [1.54, 1.807) is 11.6 Å². The normalized spacial score (nSPS) is 11.0. The molecule has 0 unspecified atom stereocenters. The maximum atomic E-state index is 13.2. The van der Waals surface area contributed by atoms with Gasteiger partial charge in [0.05, 0.1) is 24.6 Å². The molecule has 0 spiro atoms. The Bertz CT molecular complexity index is 678. The van der Waals surface area contributed by atoms with Crippen molar-refractivity contribution in [2.24, 2.45) is 5.11 Å². The zero-order chi connectivity index (χ0) is 16.0. The van der Waals surface area contributed by atoms with Crippen molar-refractivity contribution in [3.05, 3.63) is 34.4 Å². The first kappa shape index (κ1) is 15.9. The molecule has 0 saturated heterocycles. The van der Waals surface area contributed by atoms with Gasteiger partial charge in [-0.3, -0.25) is 4.79 Å². The first-order valence-corrected chi connectivity index (χ1v) is 7.01. The molecule has 2 aromatic heterocycles. The smallest absolute Gasteiger partial charge is 0.254 e. The predicted octanol–water partition coefficient (Wildman–Crippen LogP) is 2.99. The van der Waals surface area contributed by atoms with Gasteiger partial charge in [-0.2, -0.15) is 5.10 Å². The van der Waals surface area contributed by atoms with E-state index >= 15 is 0 Å². The summed E-state index contributed by atoms with van der Waals surface area (Å²) in [6, 6.07) is 0. The number of anilines is 1. The van der Waals surface area contributed by atoms with Crippen LogP contribution in [0.1, 0.15) is 12.8 Å². The Morgan fingerprint density at radius 2 is 2.41 bits per heavy atom. The average molecular weight is 327 g/mol. The summed E-state index contributed by atoms with van der Waals surface area (Å²) in [7, 11) is 0. The summed E-state index contributed by atoms with van der Waals surface area (Å²) >= 11 is 1.37. The van der Waals surface area contributed by atoms with Crippen LogP contribution in [0.3, 0.4) is 0 Å². The van der Waals surface area contributed by atoms with Gasteiger partial charge >= 0.3 is 0 Å². The zero-order valence-electron chi connectivity index (χ0n) is 11.2. The van der Waals surface area contributed by atoms with Gasteiger partial charge in [0.1, 0.15) is 0 Å². The quantitative estimate of drug-likeness (QED) is 0.479. The molecule has 22 heavy (non-hydrogen) atoms. The number of hydrogen-bond acceptors (Lipinski definition) is 5. The predicted molar refractivity (Wildman–Crippen MR) is 76.1 cm³/mol.